The third-order valence-corrected chi connectivity index (χ3v) is 10.7. The highest BCUT2D eigenvalue weighted by molar-refractivity contribution is 5.86. The SMILES string of the molecule is CCCCCCCCCCCC(=O)OCOC(C(=O)OC1CC2CCC(C1)[N+]21CCCC1)(c1ccccc1)c1ccccc1.O=C[O-]. The topological polar surface area (TPSA) is 102 Å². The van der Waals surface area contributed by atoms with Crippen LogP contribution in [0.3, 0.4) is 0 Å². The number of hydrogen-bond acceptors (Lipinski definition) is 7. The summed E-state index contributed by atoms with van der Waals surface area (Å²) < 4.78 is 19.7. The molecule has 2 atom stereocenters. The minimum atomic E-state index is -1.53. The molecule has 3 heterocycles. The van der Waals surface area contributed by atoms with Gasteiger partial charge in [-0.15, -0.1) is 0 Å². The number of unbranched alkanes of at least 4 members (excludes halogenated alkanes) is 8. The number of rotatable bonds is 17. The molecule has 0 aliphatic carbocycles. The van der Waals surface area contributed by atoms with E-state index in [9.17, 15) is 9.59 Å². The van der Waals surface area contributed by atoms with Crippen LogP contribution in [0, 0.1) is 0 Å². The van der Waals surface area contributed by atoms with Gasteiger partial charge in [-0.2, -0.15) is 0 Å². The number of carbonyl (C=O) groups excluding carboxylic acids is 3. The maximum Gasteiger partial charge on any atom is 0.348 e. The highest BCUT2D eigenvalue weighted by Gasteiger charge is 2.57. The highest BCUT2D eigenvalue weighted by atomic mass is 16.7. The van der Waals surface area contributed by atoms with Gasteiger partial charge < -0.3 is 28.6 Å². The standard InChI is InChI=1S/C38H54NO5.CH2O2/c1-2-3-4-5-6-7-8-9-16-23-36(40)42-30-43-38(31-19-12-10-13-20-31,32-21-14-11-15-22-32)37(41)44-35-28-33-24-25-34(29-35)39(33)26-17-18-27-39;2-1-3/h10-15,19-22,33-35H,2-9,16-18,23-30H2,1H3;1H,(H,2,3)/q+1;/p-1. The lowest BCUT2D eigenvalue weighted by Crippen LogP contribution is -2.60. The van der Waals surface area contributed by atoms with Crippen molar-refractivity contribution in [3.05, 3.63) is 71.8 Å². The van der Waals surface area contributed by atoms with E-state index in [1.807, 2.05) is 60.7 Å². The van der Waals surface area contributed by atoms with E-state index in [-0.39, 0.29) is 18.9 Å². The Hall–Kier alpha value is -3.23. The van der Waals surface area contributed by atoms with Crippen LogP contribution in [-0.2, 0) is 34.2 Å². The third-order valence-electron chi connectivity index (χ3n) is 10.7. The first-order valence-electron chi connectivity index (χ1n) is 18.0. The van der Waals surface area contributed by atoms with Crippen LogP contribution in [-0.4, -0.2) is 61.0 Å². The molecule has 0 amide bonds. The average molecular weight is 650 g/mol. The number of piperidine rings is 1. The summed E-state index contributed by atoms with van der Waals surface area (Å²) in [5.41, 5.74) is -0.183. The number of benzene rings is 2. The molecule has 8 heteroatoms. The maximum atomic E-state index is 14.4. The van der Waals surface area contributed by atoms with Gasteiger partial charge in [-0.05, 0) is 17.5 Å². The van der Waals surface area contributed by atoms with Crippen molar-refractivity contribution >= 4 is 18.4 Å². The lowest BCUT2D eigenvalue weighted by Gasteiger charge is -2.47. The van der Waals surface area contributed by atoms with Crippen molar-refractivity contribution in [2.45, 2.75) is 133 Å². The fourth-order valence-electron chi connectivity index (χ4n) is 8.35. The van der Waals surface area contributed by atoms with Crippen LogP contribution in [0.2, 0.25) is 0 Å². The van der Waals surface area contributed by atoms with Crippen molar-refractivity contribution in [3.8, 4) is 0 Å². The molecule has 2 bridgehead atoms. The number of carboxylic acid groups (broad SMARTS) is 1. The zero-order chi connectivity index (χ0) is 33.4. The monoisotopic (exact) mass is 649 g/mol. The molecule has 2 aromatic rings. The van der Waals surface area contributed by atoms with Gasteiger partial charge in [-0.25, -0.2) is 4.79 Å². The smallest absolute Gasteiger partial charge is 0.348 e. The van der Waals surface area contributed by atoms with E-state index in [0.717, 1.165) is 32.1 Å². The summed E-state index contributed by atoms with van der Waals surface area (Å²) in [6.07, 6.45) is 17.8. The van der Waals surface area contributed by atoms with Crippen LogP contribution in [0.5, 0.6) is 0 Å². The highest BCUT2D eigenvalue weighted by Crippen LogP contribution is 2.47. The van der Waals surface area contributed by atoms with Crippen LogP contribution < -0.4 is 5.11 Å². The van der Waals surface area contributed by atoms with Gasteiger partial charge in [0.15, 0.2) is 6.79 Å². The van der Waals surface area contributed by atoms with Gasteiger partial charge in [-0.1, -0.05) is 119 Å². The predicted molar refractivity (Wildman–Crippen MR) is 179 cm³/mol. The summed E-state index contributed by atoms with van der Waals surface area (Å²) in [5.74, 6) is -0.719. The quantitative estimate of drug-likeness (QED) is 0.0627. The largest absolute Gasteiger partial charge is 0.554 e. The van der Waals surface area contributed by atoms with Crippen LogP contribution >= 0.6 is 0 Å². The number of quaternary nitrogens is 1. The van der Waals surface area contributed by atoms with Crippen molar-refractivity contribution < 1.29 is 38.2 Å². The molecule has 5 rings (SSSR count). The van der Waals surface area contributed by atoms with E-state index in [0.29, 0.717) is 29.6 Å². The number of esters is 2. The lowest BCUT2D eigenvalue weighted by atomic mass is 9.85. The van der Waals surface area contributed by atoms with Crippen molar-refractivity contribution in [2.75, 3.05) is 19.9 Å². The molecule has 0 aromatic heterocycles. The molecule has 1 spiro atoms. The number of hydrogen-bond donors (Lipinski definition) is 0. The number of carbonyl (C=O) groups is 3. The first-order chi connectivity index (χ1) is 23.0. The molecule has 3 fully saturated rings. The third kappa shape index (κ3) is 9.44. The molecule has 2 aromatic carbocycles. The van der Waals surface area contributed by atoms with E-state index in [1.54, 1.807) is 0 Å². The normalized spacial score (nSPS) is 21.1. The molecule has 3 aliphatic rings. The first-order valence-corrected chi connectivity index (χ1v) is 18.0. The Morgan fingerprint density at radius 1 is 0.809 bits per heavy atom. The van der Waals surface area contributed by atoms with E-state index in [2.05, 4.69) is 6.92 Å². The summed E-state index contributed by atoms with van der Waals surface area (Å²) in [5, 5.41) is 8.25. The summed E-state index contributed by atoms with van der Waals surface area (Å²) in [4.78, 5) is 35.3. The van der Waals surface area contributed by atoms with Crippen molar-refractivity contribution in [1.82, 2.24) is 0 Å². The minimum absolute atomic E-state index is 0.131. The summed E-state index contributed by atoms with van der Waals surface area (Å²) >= 11 is 0. The van der Waals surface area contributed by atoms with Gasteiger partial charge >= 0.3 is 11.9 Å². The summed E-state index contributed by atoms with van der Waals surface area (Å²) in [7, 11) is 0. The summed E-state index contributed by atoms with van der Waals surface area (Å²) in [6.45, 7) is 3.98. The molecule has 3 aliphatic heterocycles. The average Bonchev–Trinajstić information content (AvgIpc) is 3.63. The van der Waals surface area contributed by atoms with E-state index < -0.39 is 18.0 Å². The molecule has 0 N–H and O–H groups in total. The number of ether oxygens (including phenoxy) is 3. The molecule has 258 valence electrons. The molecular weight excluding hydrogens is 594 g/mol. The Morgan fingerprint density at radius 3 is 1.81 bits per heavy atom. The molecule has 0 saturated carbocycles. The second kappa shape index (κ2) is 18.9. The predicted octanol–water partition coefficient (Wildman–Crippen LogP) is 6.58. The molecule has 47 heavy (non-hydrogen) atoms. The fourth-order valence-corrected chi connectivity index (χ4v) is 8.35. The minimum Gasteiger partial charge on any atom is -0.554 e. The first kappa shape index (κ1) is 36.6. The van der Waals surface area contributed by atoms with Crippen molar-refractivity contribution in [3.63, 3.8) is 0 Å². The van der Waals surface area contributed by atoms with Crippen LogP contribution in [0.25, 0.3) is 0 Å². The second-order valence-electron chi connectivity index (χ2n) is 13.5. The molecule has 8 nitrogen and oxygen atoms in total. The zero-order valence-electron chi connectivity index (χ0n) is 28.3. The van der Waals surface area contributed by atoms with Gasteiger partial charge in [0.05, 0.1) is 25.2 Å². The van der Waals surface area contributed by atoms with Gasteiger partial charge in [-0.3, -0.25) is 4.79 Å². The van der Waals surface area contributed by atoms with Gasteiger partial charge in [0.1, 0.15) is 6.10 Å². The molecule has 0 radical (unpaired) electrons. The van der Waals surface area contributed by atoms with Crippen molar-refractivity contribution in [1.29, 1.82) is 0 Å². The Balaban J connectivity index is 0.00000160. The zero-order valence-corrected chi connectivity index (χ0v) is 28.3. The Bertz CT molecular complexity index is 1160. The summed E-state index contributed by atoms with van der Waals surface area (Å²) in [6, 6.07) is 20.2. The Labute approximate surface area is 281 Å². The molecule has 2 unspecified atom stereocenters. The molecule has 3 saturated heterocycles. The maximum absolute atomic E-state index is 14.4. The van der Waals surface area contributed by atoms with Crippen molar-refractivity contribution in [2.24, 2.45) is 0 Å². The Morgan fingerprint density at radius 2 is 1.30 bits per heavy atom. The lowest BCUT2D eigenvalue weighted by molar-refractivity contribution is -0.956. The van der Waals surface area contributed by atoms with Gasteiger partial charge in [0.2, 0.25) is 5.60 Å². The van der Waals surface area contributed by atoms with Crippen LogP contribution in [0.1, 0.15) is 121 Å². The van der Waals surface area contributed by atoms with E-state index in [1.165, 1.54) is 81.8 Å². The Kier molecular flexibility index (Phi) is 14.7. The fraction of sp³-hybridized carbons (Fsp3) is 0.615. The van der Waals surface area contributed by atoms with E-state index in [4.69, 9.17) is 24.1 Å². The van der Waals surface area contributed by atoms with Gasteiger partial charge in [0.25, 0.3) is 0 Å². The van der Waals surface area contributed by atoms with Crippen LogP contribution in [0.15, 0.2) is 60.7 Å². The number of nitrogens with zero attached hydrogens (tertiary/aromatic N) is 1. The molecular formula is C39H55NO7. The van der Waals surface area contributed by atoms with E-state index >= 15 is 0 Å². The second-order valence-corrected chi connectivity index (χ2v) is 13.5. The van der Waals surface area contributed by atoms with Gasteiger partial charge in [0, 0.05) is 51.4 Å². The van der Waals surface area contributed by atoms with Crippen LogP contribution in [0.4, 0.5) is 0 Å².